The van der Waals surface area contributed by atoms with Gasteiger partial charge in [0.1, 0.15) is 0 Å². The number of anilines is 2. The van der Waals surface area contributed by atoms with E-state index in [-0.39, 0.29) is 11.9 Å². The van der Waals surface area contributed by atoms with Crippen molar-refractivity contribution in [3.05, 3.63) is 60.2 Å². The number of hydrogen-bond donors (Lipinski definition) is 0. The summed E-state index contributed by atoms with van der Waals surface area (Å²) in [6, 6.07) is 17.2. The van der Waals surface area contributed by atoms with E-state index in [0.717, 1.165) is 31.6 Å². The minimum Gasteiger partial charge on any atom is -0.309 e. The van der Waals surface area contributed by atoms with Crippen molar-refractivity contribution in [2.75, 3.05) is 36.0 Å². The Hall–Kier alpha value is -2.99. The van der Waals surface area contributed by atoms with Crippen LogP contribution in [0, 0.1) is 0 Å². The third-order valence-corrected chi connectivity index (χ3v) is 6.05. The predicted octanol–water partition coefficient (Wildman–Crippen LogP) is 3.12. The molecule has 2 heterocycles. The van der Waals surface area contributed by atoms with Crippen molar-refractivity contribution in [3.63, 3.8) is 0 Å². The molecule has 2 aliphatic heterocycles. The van der Waals surface area contributed by atoms with Gasteiger partial charge < -0.3 is 14.7 Å². The summed E-state index contributed by atoms with van der Waals surface area (Å²) in [6.07, 6.45) is 2.27. The minimum absolute atomic E-state index is 0.150. The van der Waals surface area contributed by atoms with Crippen LogP contribution < -0.4 is 9.80 Å². The van der Waals surface area contributed by atoms with Crippen LogP contribution in [0.4, 0.5) is 11.4 Å². The number of carbonyl (C=O) groups excluding carboxylic acids is 3. The molecule has 4 rings (SSSR count). The van der Waals surface area contributed by atoms with Crippen LogP contribution in [-0.4, -0.2) is 54.7 Å². The molecule has 0 N–H and O–H groups in total. The Morgan fingerprint density at radius 3 is 2.33 bits per heavy atom. The second-order valence-corrected chi connectivity index (χ2v) is 7.83. The van der Waals surface area contributed by atoms with Crippen molar-refractivity contribution in [1.82, 2.24) is 4.90 Å². The topological polar surface area (TPSA) is 60.9 Å². The van der Waals surface area contributed by atoms with E-state index in [1.54, 1.807) is 17.0 Å². The van der Waals surface area contributed by atoms with Crippen molar-refractivity contribution in [2.45, 2.75) is 32.2 Å². The van der Waals surface area contributed by atoms with Gasteiger partial charge in [-0.05, 0) is 37.1 Å². The quantitative estimate of drug-likeness (QED) is 0.693. The Labute approximate surface area is 177 Å². The zero-order valence-corrected chi connectivity index (χ0v) is 17.3. The van der Waals surface area contributed by atoms with Crippen LogP contribution in [0.5, 0.6) is 0 Å². The number of nitrogens with zero attached hydrogens (tertiary/aromatic N) is 3. The molecule has 0 radical (unpaired) electrons. The molecule has 2 aromatic carbocycles. The summed E-state index contributed by atoms with van der Waals surface area (Å²) in [5.41, 5.74) is 2.17. The van der Waals surface area contributed by atoms with E-state index in [1.165, 1.54) is 0 Å². The van der Waals surface area contributed by atoms with Gasteiger partial charge in [0, 0.05) is 44.3 Å². The fourth-order valence-corrected chi connectivity index (χ4v) is 4.43. The van der Waals surface area contributed by atoms with Gasteiger partial charge in [-0.15, -0.1) is 0 Å². The third kappa shape index (κ3) is 3.87. The second-order valence-electron chi connectivity index (χ2n) is 7.83. The van der Waals surface area contributed by atoms with Gasteiger partial charge in [-0.3, -0.25) is 14.4 Å². The first-order chi connectivity index (χ1) is 14.6. The minimum atomic E-state index is -0.435. The van der Waals surface area contributed by atoms with Crippen LogP contribution in [0.3, 0.4) is 0 Å². The predicted molar refractivity (Wildman–Crippen MR) is 117 cm³/mol. The molecule has 6 heteroatoms. The number of piperidine rings is 1. The monoisotopic (exact) mass is 405 g/mol. The van der Waals surface area contributed by atoms with Crippen LogP contribution in [0.1, 0.15) is 36.5 Å². The highest BCUT2D eigenvalue weighted by atomic mass is 16.2. The average molecular weight is 405 g/mol. The molecule has 0 bridgehead atoms. The molecule has 0 atom stereocenters. The molecule has 1 fully saturated rings. The van der Waals surface area contributed by atoms with Crippen LogP contribution in [0.15, 0.2) is 54.6 Å². The van der Waals surface area contributed by atoms with Gasteiger partial charge in [0.25, 0.3) is 11.7 Å². The SMILES string of the molecule is CCC(=O)N(c1ccccc1)C1CCN(CCN2C(=O)C(=O)c3ccccc32)CC1. The van der Waals surface area contributed by atoms with E-state index in [4.69, 9.17) is 0 Å². The van der Waals surface area contributed by atoms with Crippen molar-refractivity contribution in [2.24, 2.45) is 0 Å². The summed E-state index contributed by atoms with van der Waals surface area (Å²) in [7, 11) is 0. The van der Waals surface area contributed by atoms with Gasteiger partial charge >= 0.3 is 0 Å². The maximum Gasteiger partial charge on any atom is 0.299 e. The zero-order chi connectivity index (χ0) is 21.1. The molecule has 2 aliphatic rings. The van der Waals surface area contributed by atoms with Crippen molar-refractivity contribution >= 4 is 29.0 Å². The molecule has 2 amide bonds. The molecule has 0 spiro atoms. The van der Waals surface area contributed by atoms with Crippen LogP contribution in [0.2, 0.25) is 0 Å². The lowest BCUT2D eigenvalue weighted by Gasteiger charge is -2.39. The smallest absolute Gasteiger partial charge is 0.299 e. The molecule has 0 aliphatic carbocycles. The van der Waals surface area contributed by atoms with E-state index < -0.39 is 11.7 Å². The van der Waals surface area contributed by atoms with E-state index in [1.807, 2.05) is 54.3 Å². The molecule has 2 aromatic rings. The van der Waals surface area contributed by atoms with E-state index in [2.05, 4.69) is 4.90 Å². The molecular weight excluding hydrogens is 378 g/mol. The van der Waals surface area contributed by atoms with E-state index in [0.29, 0.717) is 30.8 Å². The molecule has 0 aromatic heterocycles. The van der Waals surface area contributed by atoms with Gasteiger partial charge in [-0.25, -0.2) is 0 Å². The number of amides is 2. The Kier molecular flexibility index (Phi) is 5.95. The van der Waals surface area contributed by atoms with Crippen molar-refractivity contribution in [1.29, 1.82) is 0 Å². The first-order valence-electron chi connectivity index (χ1n) is 10.6. The highest BCUT2D eigenvalue weighted by molar-refractivity contribution is 6.52. The third-order valence-electron chi connectivity index (χ3n) is 6.05. The number of fused-ring (bicyclic) bond motifs is 1. The molecule has 156 valence electrons. The fourth-order valence-electron chi connectivity index (χ4n) is 4.43. The Bertz CT molecular complexity index is 936. The highest BCUT2D eigenvalue weighted by Crippen LogP contribution is 2.29. The molecule has 6 nitrogen and oxygen atoms in total. The van der Waals surface area contributed by atoms with Gasteiger partial charge in [0.05, 0.1) is 11.3 Å². The first kappa shape index (κ1) is 20.3. The number of rotatable bonds is 6. The summed E-state index contributed by atoms with van der Waals surface area (Å²) < 4.78 is 0. The van der Waals surface area contributed by atoms with Crippen molar-refractivity contribution in [3.8, 4) is 0 Å². The van der Waals surface area contributed by atoms with Gasteiger partial charge in [-0.2, -0.15) is 0 Å². The molecule has 30 heavy (non-hydrogen) atoms. The summed E-state index contributed by atoms with van der Waals surface area (Å²) in [4.78, 5) is 43.0. The maximum atomic E-state index is 12.6. The number of benzene rings is 2. The number of Topliss-reactive ketones (excluding diaryl/α,β-unsaturated/α-hetero) is 1. The summed E-state index contributed by atoms with van der Waals surface area (Å²) in [5.74, 6) is -0.701. The number of likely N-dealkylation sites (tertiary alicyclic amines) is 1. The molecular formula is C24H27N3O3. The lowest BCUT2D eigenvalue weighted by Crippen LogP contribution is -2.49. The molecule has 1 saturated heterocycles. The summed E-state index contributed by atoms with van der Waals surface area (Å²) in [6.45, 7) is 4.85. The summed E-state index contributed by atoms with van der Waals surface area (Å²) >= 11 is 0. The lowest BCUT2D eigenvalue weighted by molar-refractivity contribution is -0.119. The molecule has 0 saturated carbocycles. The molecule has 0 unspecified atom stereocenters. The number of carbonyl (C=O) groups is 3. The average Bonchev–Trinajstić information content (AvgIpc) is 3.04. The first-order valence-corrected chi connectivity index (χ1v) is 10.6. The highest BCUT2D eigenvalue weighted by Gasteiger charge is 2.35. The van der Waals surface area contributed by atoms with Crippen LogP contribution in [0.25, 0.3) is 0 Å². The van der Waals surface area contributed by atoms with E-state index in [9.17, 15) is 14.4 Å². The summed E-state index contributed by atoms with van der Waals surface area (Å²) in [5, 5.41) is 0. The number of ketones is 1. The number of para-hydroxylation sites is 2. The van der Waals surface area contributed by atoms with Gasteiger partial charge in [-0.1, -0.05) is 37.3 Å². The van der Waals surface area contributed by atoms with Crippen LogP contribution in [-0.2, 0) is 9.59 Å². The van der Waals surface area contributed by atoms with Gasteiger partial charge in [0.15, 0.2) is 0 Å². The maximum absolute atomic E-state index is 12.6. The normalized spacial score (nSPS) is 17.3. The lowest BCUT2D eigenvalue weighted by atomic mass is 10.0. The Balaban J connectivity index is 1.36. The largest absolute Gasteiger partial charge is 0.309 e. The number of hydrogen-bond acceptors (Lipinski definition) is 4. The second kappa shape index (κ2) is 8.79. The van der Waals surface area contributed by atoms with Gasteiger partial charge in [0.2, 0.25) is 5.91 Å². The Morgan fingerprint density at radius 1 is 0.967 bits per heavy atom. The van der Waals surface area contributed by atoms with Crippen molar-refractivity contribution < 1.29 is 14.4 Å². The fraction of sp³-hybridized carbons (Fsp3) is 0.375. The van der Waals surface area contributed by atoms with Crippen LogP contribution >= 0.6 is 0 Å². The zero-order valence-electron chi connectivity index (χ0n) is 17.3. The van der Waals surface area contributed by atoms with E-state index >= 15 is 0 Å². The standard InChI is InChI=1S/C24H27N3O3/c1-2-22(28)27(18-8-4-3-5-9-18)19-12-14-25(15-13-19)16-17-26-21-11-7-6-10-20(21)23(29)24(26)30/h3-11,19H,2,12-17H2,1H3. The Morgan fingerprint density at radius 2 is 1.63 bits per heavy atom.